The zero-order valence-corrected chi connectivity index (χ0v) is 12.6. The number of esters is 2. The number of nitro benzene ring substituents is 1. The lowest BCUT2D eigenvalue weighted by Gasteiger charge is -2.09. The molecule has 118 valence electrons. The fraction of sp³-hybridized carbons (Fsp3) is 0.0667. The fourth-order valence-electron chi connectivity index (χ4n) is 1.77. The summed E-state index contributed by atoms with van der Waals surface area (Å²) in [6.45, 7) is 0. The van der Waals surface area contributed by atoms with Crippen LogP contribution in [0.5, 0.6) is 5.75 Å². The molecule has 0 fully saturated rings. The first-order valence-corrected chi connectivity index (χ1v) is 6.64. The molecule has 2 rings (SSSR count). The number of rotatable bonds is 4. The third-order valence-corrected chi connectivity index (χ3v) is 3.08. The molecule has 0 aliphatic rings. The molecular formula is C15H10ClNO6. The lowest BCUT2D eigenvalue weighted by molar-refractivity contribution is -0.384. The molecule has 0 bridgehead atoms. The average molecular weight is 336 g/mol. The standard InChI is InChI=1S/C15H10ClNO6/c1-22-15(19)12-8-10(16)5-6-13(12)23-14(18)9-3-2-4-11(7-9)17(20)21/h2-8H,1H3. The van der Waals surface area contributed by atoms with E-state index in [1.807, 2.05) is 0 Å². The Labute approximate surface area is 135 Å². The maximum atomic E-state index is 12.1. The number of nitro groups is 1. The number of carbonyl (C=O) groups is 2. The van der Waals surface area contributed by atoms with Gasteiger partial charge in [-0.25, -0.2) is 9.59 Å². The summed E-state index contributed by atoms with van der Waals surface area (Å²) in [6, 6.07) is 9.12. The molecular weight excluding hydrogens is 326 g/mol. The Morgan fingerprint density at radius 3 is 2.52 bits per heavy atom. The van der Waals surface area contributed by atoms with E-state index >= 15 is 0 Å². The Hall–Kier alpha value is -2.93. The van der Waals surface area contributed by atoms with Gasteiger partial charge in [0, 0.05) is 17.2 Å². The molecule has 0 saturated heterocycles. The van der Waals surface area contributed by atoms with Crippen LogP contribution in [-0.4, -0.2) is 24.0 Å². The normalized spacial score (nSPS) is 10.0. The van der Waals surface area contributed by atoms with Gasteiger partial charge in [-0.2, -0.15) is 0 Å². The van der Waals surface area contributed by atoms with E-state index in [0.29, 0.717) is 0 Å². The molecule has 7 nitrogen and oxygen atoms in total. The van der Waals surface area contributed by atoms with E-state index in [9.17, 15) is 19.7 Å². The first-order valence-electron chi connectivity index (χ1n) is 6.27. The monoisotopic (exact) mass is 335 g/mol. The predicted octanol–water partition coefficient (Wildman–Crippen LogP) is 3.25. The molecule has 0 atom stereocenters. The first-order chi connectivity index (χ1) is 10.9. The van der Waals surface area contributed by atoms with Crippen molar-refractivity contribution in [3.05, 3.63) is 68.7 Å². The fourth-order valence-corrected chi connectivity index (χ4v) is 1.94. The number of hydrogen-bond acceptors (Lipinski definition) is 6. The maximum Gasteiger partial charge on any atom is 0.343 e. The smallest absolute Gasteiger partial charge is 0.343 e. The average Bonchev–Trinajstić information content (AvgIpc) is 2.55. The minimum atomic E-state index is -0.846. The van der Waals surface area contributed by atoms with E-state index in [-0.39, 0.29) is 27.6 Å². The zero-order valence-electron chi connectivity index (χ0n) is 11.8. The van der Waals surface area contributed by atoms with Crippen LogP contribution in [0.1, 0.15) is 20.7 Å². The number of hydrogen-bond donors (Lipinski definition) is 0. The van der Waals surface area contributed by atoms with Crippen molar-refractivity contribution >= 4 is 29.2 Å². The van der Waals surface area contributed by atoms with E-state index in [2.05, 4.69) is 4.74 Å². The third-order valence-electron chi connectivity index (χ3n) is 2.84. The second-order valence-corrected chi connectivity index (χ2v) is 4.77. The number of halogens is 1. The van der Waals surface area contributed by atoms with Crippen LogP contribution in [0.2, 0.25) is 5.02 Å². The van der Waals surface area contributed by atoms with Crippen molar-refractivity contribution in [3.8, 4) is 5.75 Å². The predicted molar refractivity (Wildman–Crippen MR) is 80.8 cm³/mol. The van der Waals surface area contributed by atoms with Gasteiger partial charge in [0.25, 0.3) is 5.69 Å². The van der Waals surface area contributed by atoms with Gasteiger partial charge in [0.2, 0.25) is 0 Å². The molecule has 2 aromatic rings. The van der Waals surface area contributed by atoms with E-state index < -0.39 is 16.9 Å². The summed E-state index contributed by atoms with van der Waals surface area (Å²) < 4.78 is 9.71. The molecule has 0 spiro atoms. The number of benzene rings is 2. The largest absolute Gasteiger partial charge is 0.465 e. The summed E-state index contributed by atoms with van der Waals surface area (Å²) in [7, 11) is 1.18. The molecule has 0 aliphatic heterocycles. The highest BCUT2D eigenvalue weighted by Gasteiger charge is 2.19. The molecule has 0 radical (unpaired) electrons. The summed E-state index contributed by atoms with van der Waals surface area (Å²) in [5, 5.41) is 11.0. The summed E-state index contributed by atoms with van der Waals surface area (Å²) in [6.07, 6.45) is 0. The molecule has 8 heteroatoms. The topological polar surface area (TPSA) is 95.7 Å². The van der Waals surface area contributed by atoms with E-state index in [1.54, 1.807) is 0 Å². The molecule has 0 amide bonds. The van der Waals surface area contributed by atoms with Crippen molar-refractivity contribution in [1.29, 1.82) is 0 Å². The van der Waals surface area contributed by atoms with Crippen LogP contribution in [0.25, 0.3) is 0 Å². The highest BCUT2D eigenvalue weighted by molar-refractivity contribution is 6.31. The molecule has 0 N–H and O–H groups in total. The molecule has 2 aromatic carbocycles. The Balaban J connectivity index is 2.32. The minimum absolute atomic E-state index is 0.0232. The summed E-state index contributed by atoms with van der Waals surface area (Å²) in [5.74, 6) is -1.63. The van der Waals surface area contributed by atoms with Crippen LogP contribution < -0.4 is 4.74 Å². The second-order valence-electron chi connectivity index (χ2n) is 4.33. The summed E-state index contributed by atoms with van der Waals surface area (Å²) in [4.78, 5) is 33.9. The summed E-state index contributed by atoms with van der Waals surface area (Å²) >= 11 is 5.80. The minimum Gasteiger partial charge on any atom is -0.465 e. The van der Waals surface area contributed by atoms with E-state index in [4.69, 9.17) is 16.3 Å². The maximum absolute atomic E-state index is 12.1. The van der Waals surface area contributed by atoms with Gasteiger partial charge in [-0.3, -0.25) is 10.1 Å². The Bertz CT molecular complexity index is 789. The van der Waals surface area contributed by atoms with Crippen molar-refractivity contribution in [3.63, 3.8) is 0 Å². The van der Waals surface area contributed by atoms with Crippen molar-refractivity contribution in [2.75, 3.05) is 7.11 Å². The van der Waals surface area contributed by atoms with Gasteiger partial charge < -0.3 is 9.47 Å². The molecule has 0 aromatic heterocycles. The van der Waals surface area contributed by atoms with Gasteiger partial charge in [-0.05, 0) is 24.3 Å². The van der Waals surface area contributed by atoms with Gasteiger partial charge in [0.1, 0.15) is 11.3 Å². The van der Waals surface area contributed by atoms with Crippen LogP contribution in [-0.2, 0) is 4.74 Å². The van der Waals surface area contributed by atoms with Crippen LogP contribution in [0.15, 0.2) is 42.5 Å². The second kappa shape index (κ2) is 6.89. The van der Waals surface area contributed by atoms with Crippen molar-refractivity contribution in [1.82, 2.24) is 0 Å². The summed E-state index contributed by atoms with van der Waals surface area (Å²) in [5.41, 5.74) is -0.299. The molecule has 0 saturated carbocycles. The van der Waals surface area contributed by atoms with Crippen LogP contribution in [0, 0.1) is 10.1 Å². The number of nitrogens with zero attached hydrogens (tertiary/aromatic N) is 1. The van der Waals surface area contributed by atoms with Crippen LogP contribution >= 0.6 is 11.6 Å². The lowest BCUT2D eigenvalue weighted by Crippen LogP contribution is -2.12. The van der Waals surface area contributed by atoms with Crippen molar-refractivity contribution in [2.24, 2.45) is 0 Å². The molecule has 0 heterocycles. The van der Waals surface area contributed by atoms with Gasteiger partial charge in [-0.15, -0.1) is 0 Å². The van der Waals surface area contributed by atoms with E-state index in [0.717, 1.165) is 6.07 Å². The quantitative estimate of drug-likeness (QED) is 0.368. The molecule has 0 aliphatic carbocycles. The molecule has 23 heavy (non-hydrogen) atoms. The number of carbonyl (C=O) groups excluding carboxylic acids is 2. The van der Waals surface area contributed by atoms with Gasteiger partial charge in [-0.1, -0.05) is 17.7 Å². The van der Waals surface area contributed by atoms with Gasteiger partial charge in [0.05, 0.1) is 17.6 Å². The van der Waals surface area contributed by atoms with Gasteiger partial charge in [0.15, 0.2) is 0 Å². The number of non-ortho nitro benzene ring substituents is 1. The SMILES string of the molecule is COC(=O)c1cc(Cl)ccc1OC(=O)c1cccc([N+](=O)[O-])c1. The van der Waals surface area contributed by atoms with Crippen molar-refractivity contribution in [2.45, 2.75) is 0 Å². The molecule has 0 unspecified atom stereocenters. The van der Waals surface area contributed by atoms with Gasteiger partial charge >= 0.3 is 11.9 Å². The highest BCUT2D eigenvalue weighted by Crippen LogP contribution is 2.25. The van der Waals surface area contributed by atoms with Crippen LogP contribution in [0.4, 0.5) is 5.69 Å². The van der Waals surface area contributed by atoms with Crippen molar-refractivity contribution < 1.29 is 24.0 Å². The number of ether oxygens (including phenoxy) is 2. The van der Waals surface area contributed by atoms with E-state index in [1.165, 1.54) is 43.5 Å². The Morgan fingerprint density at radius 1 is 1.13 bits per heavy atom. The Kier molecular flexibility index (Phi) is 4.92. The van der Waals surface area contributed by atoms with Crippen LogP contribution in [0.3, 0.4) is 0 Å². The lowest BCUT2D eigenvalue weighted by atomic mass is 10.2. The number of methoxy groups -OCH3 is 1. The highest BCUT2D eigenvalue weighted by atomic mass is 35.5. The zero-order chi connectivity index (χ0) is 17.0. The first kappa shape index (κ1) is 16.4. The Morgan fingerprint density at radius 2 is 1.87 bits per heavy atom. The third kappa shape index (κ3) is 3.83.